The Kier molecular flexibility index (Phi) is 3.81. The molecule has 0 saturated carbocycles. The summed E-state index contributed by atoms with van der Waals surface area (Å²) in [7, 11) is 1.49. The lowest BCUT2D eigenvalue weighted by Crippen LogP contribution is -2.61. The van der Waals surface area contributed by atoms with Crippen LogP contribution in [0.1, 0.15) is 27.7 Å². The van der Waals surface area contributed by atoms with Crippen LogP contribution in [0.15, 0.2) is 0 Å². The minimum absolute atomic E-state index is 0.0276. The predicted octanol–water partition coefficient (Wildman–Crippen LogP) is 1.46. The Hall–Kier alpha value is -1.10. The molecule has 0 aromatic rings. The number of ether oxygens (including phenoxy) is 2. The van der Waals surface area contributed by atoms with E-state index in [2.05, 4.69) is 0 Å². The number of amides is 1. The molecule has 0 unspecified atom stereocenters. The van der Waals surface area contributed by atoms with Crippen molar-refractivity contribution in [2.24, 2.45) is 5.41 Å². The van der Waals surface area contributed by atoms with Gasteiger partial charge in [-0.1, -0.05) is 0 Å². The molecule has 0 aromatic heterocycles. The van der Waals surface area contributed by atoms with E-state index in [-0.39, 0.29) is 18.5 Å². The average Bonchev–Trinajstić information content (AvgIpc) is 2.10. The van der Waals surface area contributed by atoms with Crippen molar-refractivity contribution in [1.82, 2.24) is 4.90 Å². The van der Waals surface area contributed by atoms with Crippen molar-refractivity contribution in [2.75, 3.05) is 26.8 Å². The van der Waals surface area contributed by atoms with Gasteiger partial charge in [0.05, 0.1) is 5.41 Å². The van der Waals surface area contributed by atoms with E-state index >= 15 is 0 Å². The summed E-state index contributed by atoms with van der Waals surface area (Å²) >= 11 is 0. The van der Waals surface area contributed by atoms with Crippen LogP contribution in [-0.4, -0.2) is 49.2 Å². The van der Waals surface area contributed by atoms with Crippen molar-refractivity contribution in [3.63, 3.8) is 0 Å². The summed E-state index contributed by atoms with van der Waals surface area (Å²) < 4.78 is 10.0. The first-order valence-corrected chi connectivity index (χ1v) is 5.68. The van der Waals surface area contributed by atoms with Gasteiger partial charge in [-0.2, -0.15) is 0 Å². The fraction of sp³-hybridized carbons (Fsp3) is 0.833. The minimum Gasteiger partial charge on any atom is -0.444 e. The quantitative estimate of drug-likeness (QED) is 0.753. The second-order valence-corrected chi connectivity index (χ2v) is 5.75. The second kappa shape index (κ2) is 4.64. The number of likely N-dealkylation sites (tertiary alicyclic amines) is 1. The lowest BCUT2D eigenvalue weighted by Gasteiger charge is -2.46. The van der Waals surface area contributed by atoms with Gasteiger partial charge in [-0.25, -0.2) is 4.79 Å². The Balaban J connectivity index is 2.45. The number of methoxy groups -OCH3 is 1. The highest BCUT2D eigenvalue weighted by Gasteiger charge is 2.47. The first-order chi connectivity index (χ1) is 7.68. The summed E-state index contributed by atoms with van der Waals surface area (Å²) in [6.07, 6.45) is -0.361. The second-order valence-electron chi connectivity index (χ2n) is 5.75. The number of rotatable bonds is 3. The summed E-state index contributed by atoms with van der Waals surface area (Å²) in [6.45, 7) is 8.21. The first kappa shape index (κ1) is 14.0. The third-order valence-electron chi connectivity index (χ3n) is 2.68. The maximum Gasteiger partial charge on any atom is 0.410 e. The molecule has 98 valence electrons. The first-order valence-electron chi connectivity index (χ1n) is 5.68. The zero-order valence-electron chi connectivity index (χ0n) is 11.2. The third kappa shape index (κ3) is 3.43. The van der Waals surface area contributed by atoms with E-state index in [1.54, 1.807) is 4.90 Å². The fourth-order valence-electron chi connectivity index (χ4n) is 1.73. The van der Waals surface area contributed by atoms with E-state index in [4.69, 9.17) is 9.47 Å². The van der Waals surface area contributed by atoms with Crippen molar-refractivity contribution >= 4 is 11.9 Å². The molecular formula is C12H21NO4. The molecule has 17 heavy (non-hydrogen) atoms. The molecule has 0 N–H and O–H groups in total. The molecule has 1 saturated heterocycles. The number of Topliss-reactive ketones (excluding diaryl/α,β-unsaturated/α-hetero) is 1. The minimum atomic E-state index is -0.500. The van der Waals surface area contributed by atoms with Gasteiger partial charge >= 0.3 is 6.09 Å². The number of nitrogens with zero attached hydrogens (tertiary/aromatic N) is 1. The molecule has 1 aliphatic rings. The highest BCUT2D eigenvalue weighted by Crippen LogP contribution is 2.32. The summed E-state index contributed by atoms with van der Waals surface area (Å²) in [5, 5.41) is 0. The molecule has 1 heterocycles. The molecular weight excluding hydrogens is 222 g/mol. The highest BCUT2D eigenvalue weighted by atomic mass is 16.6. The van der Waals surface area contributed by atoms with Gasteiger partial charge in [0.2, 0.25) is 0 Å². The van der Waals surface area contributed by atoms with Gasteiger partial charge in [0, 0.05) is 20.2 Å². The summed E-state index contributed by atoms with van der Waals surface area (Å²) in [6, 6.07) is 0. The van der Waals surface area contributed by atoms with E-state index in [1.807, 2.05) is 27.7 Å². The van der Waals surface area contributed by atoms with Gasteiger partial charge in [0.1, 0.15) is 12.2 Å². The van der Waals surface area contributed by atoms with E-state index < -0.39 is 11.0 Å². The van der Waals surface area contributed by atoms with Crippen LogP contribution in [0, 0.1) is 5.41 Å². The van der Waals surface area contributed by atoms with Crippen LogP contribution in [0.2, 0.25) is 0 Å². The van der Waals surface area contributed by atoms with Crippen molar-refractivity contribution in [3.8, 4) is 0 Å². The molecule has 0 atom stereocenters. The Labute approximate surface area is 102 Å². The van der Waals surface area contributed by atoms with Gasteiger partial charge in [-0.3, -0.25) is 4.79 Å². The van der Waals surface area contributed by atoms with Crippen molar-refractivity contribution in [1.29, 1.82) is 0 Å². The third-order valence-corrected chi connectivity index (χ3v) is 2.68. The standard InChI is InChI=1S/C12H21NO4/c1-11(2,3)17-10(15)13-7-12(4,8-13)9(14)6-16-5/h6-8H2,1-5H3. The molecule has 0 aliphatic carbocycles. The Bertz CT molecular complexity index is 313. The summed E-state index contributed by atoms with van der Waals surface area (Å²) in [5.41, 5.74) is -0.980. The molecule has 5 nitrogen and oxygen atoms in total. The molecule has 0 spiro atoms. The monoisotopic (exact) mass is 243 g/mol. The zero-order valence-corrected chi connectivity index (χ0v) is 11.2. The van der Waals surface area contributed by atoms with E-state index in [9.17, 15) is 9.59 Å². The van der Waals surface area contributed by atoms with Crippen LogP contribution in [0.4, 0.5) is 4.79 Å². The zero-order chi connectivity index (χ0) is 13.3. The largest absolute Gasteiger partial charge is 0.444 e. The number of carbonyl (C=O) groups excluding carboxylic acids is 2. The molecule has 0 aromatic carbocycles. The van der Waals surface area contributed by atoms with Crippen LogP contribution in [0.5, 0.6) is 0 Å². The van der Waals surface area contributed by atoms with Gasteiger partial charge in [0.15, 0.2) is 5.78 Å². The van der Waals surface area contributed by atoms with Crippen molar-refractivity contribution in [3.05, 3.63) is 0 Å². The van der Waals surface area contributed by atoms with Crippen LogP contribution in [0.25, 0.3) is 0 Å². The molecule has 0 radical (unpaired) electrons. The molecule has 1 fully saturated rings. The fourth-order valence-corrected chi connectivity index (χ4v) is 1.73. The van der Waals surface area contributed by atoms with Gasteiger partial charge in [-0.05, 0) is 27.7 Å². The average molecular weight is 243 g/mol. The summed E-state index contributed by atoms with van der Waals surface area (Å²) in [5.74, 6) is 0.0276. The van der Waals surface area contributed by atoms with Crippen LogP contribution < -0.4 is 0 Å². The van der Waals surface area contributed by atoms with Crippen molar-refractivity contribution in [2.45, 2.75) is 33.3 Å². The van der Waals surface area contributed by atoms with E-state index in [0.717, 1.165) is 0 Å². The normalized spacial score (nSPS) is 18.5. The van der Waals surface area contributed by atoms with E-state index in [1.165, 1.54) is 7.11 Å². The summed E-state index contributed by atoms with van der Waals surface area (Å²) in [4.78, 5) is 24.9. The molecule has 0 bridgehead atoms. The Morgan fingerprint density at radius 2 is 1.82 bits per heavy atom. The lowest BCUT2D eigenvalue weighted by atomic mass is 9.78. The van der Waals surface area contributed by atoms with Crippen LogP contribution >= 0.6 is 0 Å². The van der Waals surface area contributed by atoms with Crippen LogP contribution in [0.3, 0.4) is 0 Å². The molecule has 1 amide bonds. The molecule has 1 rings (SSSR count). The van der Waals surface area contributed by atoms with Gasteiger partial charge < -0.3 is 14.4 Å². The lowest BCUT2D eigenvalue weighted by molar-refractivity contribution is -0.140. The Morgan fingerprint density at radius 3 is 2.24 bits per heavy atom. The SMILES string of the molecule is COCC(=O)C1(C)CN(C(=O)OC(C)(C)C)C1. The van der Waals surface area contributed by atoms with E-state index in [0.29, 0.717) is 13.1 Å². The maximum atomic E-state index is 11.7. The number of ketones is 1. The van der Waals surface area contributed by atoms with Crippen LogP contribution in [-0.2, 0) is 14.3 Å². The number of hydrogen-bond acceptors (Lipinski definition) is 4. The number of hydrogen-bond donors (Lipinski definition) is 0. The molecule has 5 heteroatoms. The van der Waals surface area contributed by atoms with Gasteiger partial charge in [-0.15, -0.1) is 0 Å². The van der Waals surface area contributed by atoms with Gasteiger partial charge in [0.25, 0.3) is 0 Å². The number of carbonyl (C=O) groups is 2. The van der Waals surface area contributed by atoms with Crippen molar-refractivity contribution < 1.29 is 19.1 Å². The Morgan fingerprint density at radius 1 is 1.29 bits per heavy atom. The maximum absolute atomic E-state index is 11.7. The smallest absolute Gasteiger partial charge is 0.410 e. The topological polar surface area (TPSA) is 55.8 Å². The molecule has 1 aliphatic heterocycles. The predicted molar refractivity (Wildman–Crippen MR) is 62.8 cm³/mol. The highest BCUT2D eigenvalue weighted by molar-refractivity contribution is 5.88.